The molecule has 0 bridgehead atoms. The van der Waals surface area contributed by atoms with Crippen molar-refractivity contribution in [2.75, 3.05) is 32.7 Å². The van der Waals surface area contributed by atoms with Crippen LogP contribution in [0.1, 0.15) is 0 Å². The van der Waals surface area contributed by atoms with Gasteiger partial charge in [-0.3, -0.25) is 4.79 Å². The van der Waals surface area contributed by atoms with E-state index in [2.05, 4.69) is 0 Å². The van der Waals surface area contributed by atoms with E-state index in [9.17, 15) is 13.2 Å². The van der Waals surface area contributed by atoms with Gasteiger partial charge in [0, 0.05) is 26.2 Å². The van der Waals surface area contributed by atoms with Gasteiger partial charge in [-0.1, -0.05) is 29.3 Å². The first-order valence-corrected chi connectivity index (χ1v) is 8.49. The molecule has 0 spiro atoms. The van der Waals surface area contributed by atoms with Crippen LogP contribution in [0.15, 0.2) is 23.1 Å². The Morgan fingerprint density at radius 1 is 1.14 bits per heavy atom. The number of hydrogen-bond acceptors (Lipinski definition) is 4. The minimum Gasteiger partial charge on any atom is -0.339 e. The van der Waals surface area contributed by atoms with Crippen LogP contribution in [0.4, 0.5) is 0 Å². The summed E-state index contributed by atoms with van der Waals surface area (Å²) in [6, 6.07) is 4.55. The first kappa shape index (κ1) is 19.5. The number of nitrogens with zero attached hydrogens (tertiary/aromatic N) is 2. The van der Waals surface area contributed by atoms with E-state index in [4.69, 9.17) is 28.9 Å². The standard InChI is InChI=1S/C12H15Cl2N3O3S.ClH/c13-9-2-1-3-10(14)12(9)21(19,20)17-6-4-16(5-7-17)11(18)8-15;/h1-3H,4-8,15H2;1H. The number of sulfonamides is 1. The maximum atomic E-state index is 12.6. The predicted molar refractivity (Wildman–Crippen MR) is 88.1 cm³/mol. The zero-order valence-electron chi connectivity index (χ0n) is 11.5. The number of nitrogens with two attached hydrogens (primary N) is 1. The highest BCUT2D eigenvalue weighted by atomic mass is 35.5. The second kappa shape index (κ2) is 7.81. The van der Waals surface area contributed by atoms with E-state index in [-0.39, 0.29) is 52.9 Å². The van der Waals surface area contributed by atoms with Gasteiger partial charge in [-0.15, -0.1) is 12.4 Å². The van der Waals surface area contributed by atoms with Crippen molar-refractivity contribution in [2.24, 2.45) is 5.73 Å². The van der Waals surface area contributed by atoms with E-state index in [0.29, 0.717) is 13.1 Å². The molecular formula is C12H16Cl3N3O3S. The van der Waals surface area contributed by atoms with Crippen molar-refractivity contribution in [1.82, 2.24) is 9.21 Å². The molecule has 1 saturated heterocycles. The summed E-state index contributed by atoms with van der Waals surface area (Å²) in [7, 11) is -3.78. The Hall–Kier alpha value is -0.570. The van der Waals surface area contributed by atoms with Gasteiger partial charge < -0.3 is 10.6 Å². The highest BCUT2D eigenvalue weighted by Crippen LogP contribution is 2.31. The number of amides is 1. The maximum Gasteiger partial charge on any atom is 0.246 e. The third-order valence-corrected chi connectivity index (χ3v) is 6.14. The number of rotatable bonds is 3. The summed E-state index contributed by atoms with van der Waals surface area (Å²) in [5.41, 5.74) is 5.30. The third kappa shape index (κ3) is 3.84. The molecule has 0 aromatic heterocycles. The average molecular weight is 389 g/mol. The fourth-order valence-electron chi connectivity index (χ4n) is 2.17. The monoisotopic (exact) mass is 387 g/mol. The highest BCUT2D eigenvalue weighted by Gasteiger charge is 2.32. The van der Waals surface area contributed by atoms with Crippen LogP contribution in [0.2, 0.25) is 10.0 Å². The molecule has 124 valence electrons. The van der Waals surface area contributed by atoms with Crippen LogP contribution in [-0.4, -0.2) is 56.3 Å². The van der Waals surface area contributed by atoms with Crippen molar-refractivity contribution in [1.29, 1.82) is 0 Å². The van der Waals surface area contributed by atoms with Crippen molar-refractivity contribution in [3.63, 3.8) is 0 Å². The topological polar surface area (TPSA) is 83.7 Å². The summed E-state index contributed by atoms with van der Waals surface area (Å²) in [4.78, 5) is 12.9. The Bertz CT molecular complexity index is 626. The smallest absolute Gasteiger partial charge is 0.246 e. The molecule has 2 rings (SSSR count). The van der Waals surface area contributed by atoms with Crippen LogP contribution in [0, 0.1) is 0 Å². The molecule has 0 radical (unpaired) electrons. The largest absolute Gasteiger partial charge is 0.339 e. The lowest BCUT2D eigenvalue weighted by Crippen LogP contribution is -2.51. The number of piperazine rings is 1. The van der Waals surface area contributed by atoms with Crippen molar-refractivity contribution in [3.8, 4) is 0 Å². The molecule has 1 fully saturated rings. The number of hydrogen-bond donors (Lipinski definition) is 1. The molecule has 0 aliphatic carbocycles. The summed E-state index contributed by atoms with van der Waals surface area (Å²) in [5, 5.41) is 0.172. The quantitative estimate of drug-likeness (QED) is 0.843. The lowest BCUT2D eigenvalue weighted by Gasteiger charge is -2.34. The van der Waals surface area contributed by atoms with Crippen molar-refractivity contribution in [2.45, 2.75) is 4.90 Å². The van der Waals surface area contributed by atoms with Gasteiger partial charge in [0.05, 0.1) is 16.6 Å². The summed E-state index contributed by atoms with van der Waals surface area (Å²) >= 11 is 11.9. The van der Waals surface area contributed by atoms with Crippen molar-refractivity contribution in [3.05, 3.63) is 28.2 Å². The molecule has 2 N–H and O–H groups in total. The minimum atomic E-state index is -3.78. The molecule has 0 unspecified atom stereocenters. The van der Waals surface area contributed by atoms with Crippen LogP contribution in [-0.2, 0) is 14.8 Å². The molecule has 22 heavy (non-hydrogen) atoms. The fourth-order valence-corrected chi connectivity index (χ4v) is 4.68. The van der Waals surface area contributed by atoms with E-state index in [0.717, 1.165) is 0 Å². The Morgan fingerprint density at radius 3 is 2.09 bits per heavy atom. The van der Waals surface area contributed by atoms with Crippen LogP contribution in [0.25, 0.3) is 0 Å². The Balaban J connectivity index is 0.00000242. The molecule has 1 aliphatic rings. The Morgan fingerprint density at radius 2 is 1.64 bits per heavy atom. The second-order valence-electron chi connectivity index (χ2n) is 4.54. The number of halogens is 3. The first-order chi connectivity index (χ1) is 9.87. The van der Waals surface area contributed by atoms with E-state index in [1.807, 2.05) is 0 Å². The molecule has 0 atom stereocenters. The normalized spacial score (nSPS) is 16.2. The third-order valence-electron chi connectivity index (χ3n) is 3.28. The van der Waals surface area contributed by atoms with E-state index in [1.165, 1.54) is 16.4 Å². The number of benzene rings is 1. The zero-order valence-corrected chi connectivity index (χ0v) is 14.7. The van der Waals surface area contributed by atoms with Gasteiger partial charge in [0.1, 0.15) is 4.90 Å². The number of carbonyl (C=O) groups excluding carboxylic acids is 1. The molecule has 10 heteroatoms. The molecular weight excluding hydrogens is 373 g/mol. The highest BCUT2D eigenvalue weighted by molar-refractivity contribution is 7.89. The van der Waals surface area contributed by atoms with Crippen LogP contribution in [0.5, 0.6) is 0 Å². The van der Waals surface area contributed by atoms with Crippen LogP contribution < -0.4 is 5.73 Å². The zero-order chi connectivity index (χ0) is 15.6. The Kier molecular flexibility index (Phi) is 6.91. The molecule has 1 aromatic carbocycles. The van der Waals surface area contributed by atoms with Gasteiger partial charge in [0.15, 0.2) is 0 Å². The summed E-state index contributed by atoms with van der Waals surface area (Å²) in [5.74, 6) is -0.192. The first-order valence-electron chi connectivity index (χ1n) is 6.30. The van der Waals surface area contributed by atoms with Gasteiger partial charge in [0.2, 0.25) is 15.9 Å². The van der Waals surface area contributed by atoms with Gasteiger partial charge in [-0.2, -0.15) is 4.31 Å². The van der Waals surface area contributed by atoms with Gasteiger partial charge in [-0.05, 0) is 12.1 Å². The summed E-state index contributed by atoms with van der Waals surface area (Å²) < 4.78 is 26.5. The van der Waals surface area contributed by atoms with E-state index < -0.39 is 10.0 Å². The van der Waals surface area contributed by atoms with E-state index >= 15 is 0 Å². The summed E-state index contributed by atoms with van der Waals surface area (Å²) in [6.45, 7) is 0.906. The van der Waals surface area contributed by atoms with E-state index in [1.54, 1.807) is 11.0 Å². The molecule has 6 nitrogen and oxygen atoms in total. The molecule has 1 heterocycles. The molecule has 1 amide bonds. The minimum absolute atomic E-state index is 0. The van der Waals surface area contributed by atoms with Crippen LogP contribution >= 0.6 is 35.6 Å². The lowest BCUT2D eigenvalue weighted by atomic mass is 10.3. The number of carbonyl (C=O) groups is 1. The lowest BCUT2D eigenvalue weighted by molar-refractivity contribution is -0.130. The Labute approximate surface area is 145 Å². The molecule has 1 aromatic rings. The molecule has 1 aliphatic heterocycles. The SMILES string of the molecule is Cl.NCC(=O)N1CCN(S(=O)(=O)c2c(Cl)cccc2Cl)CC1. The second-order valence-corrected chi connectivity index (χ2v) is 7.23. The summed E-state index contributed by atoms with van der Waals surface area (Å²) in [6.07, 6.45) is 0. The molecule has 0 saturated carbocycles. The van der Waals surface area contributed by atoms with Crippen molar-refractivity contribution < 1.29 is 13.2 Å². The fraction of sp³-hybridized carbons (Fsp3) is 0.417. The average Bonchev–Trinajstić information content (AvgIpc) is 2.46. The van der Waals surface area contributed by atoms with Crippen molar-refractivity contribution >= 4 is 51.5 Å². The van der Waals surface area contributed by atoms with Crippen LogP contribution in [0.3, 0.4) is 0 Å². The van der Waals surface area contributed by atoms with Gasteiger partial charge >= 0.3 is 0 Å². The van der Waals surface area contributed by atoms with Gasteiger partial charge in [-0.25, -0.2) is 8.42 Å². The maximum absolute atomic E-state index is 12.6. The predicted octanol–water partition coefficient (Wildman–Crippen LogP) is 1.21. The van der Waals surface area contributed by atoms with Gasteiger partial charge in [0.25, 0.3) is 0 Å².